The van der Waals surface area contributed by atoms with Gasteiger partial charge in [0.1, 0.15) is 0 Å². The van der Waals surface area contributed by atoms with E-state index in [0.29, 0.717) is 0 Å². The van der Waals surface area contributed by atoms with Gasteiger partial charge >= 0.3 is 0 Å². The molecule has 0 saturated heterocycles. The number of allylic oxidation sites excluding steroid dienone is 3. The van der Waals surface area contributed by atoms with E-state index in [1.807, 2.05) is 0 Å². The highest BCUT2D eigenvalue weighted by Crippen LogP contribution is 2.44. The summed E-state index contributed by atoms with van der Waals surface area (Å²) in [5, 5.41) is 0. The van der Waals surface area contributed by atoms with E-state index in [4.69, 9.17) is 5.73 Å². The number of rotatable bonds is 5. The highest BCUT2D eigenvalue weighted by Gasteiger charge is 2.33. The van der Waals surface area contributed by atoms with Gasteiger partial charge in [-0.05, 0) is 56.3 Å². The van der Waals surface area contributed by atoms with Gasteiger partial charge < -0.3 is 5.73 Å². The molecule has 23 heavy (non-hydrogen) atoms. The van der Waals surface area contributed by atoms with Crippen LogP contribution in [0.25, 0.3) is 0 Å². The molecule has 1 atom stereocenters. The molecule has 132 valence electrons. The van der Waals surface area contributed by atoms with Crippen molar-refractivity contribution in [2.75, 3.05) is 0 Å². The molecule has 0 radical (unpaired) electrons. The summed E-state index contributed by atoms with van der Waals surface area (Å²) >= 11 is 0. The van der Waals surface area contributed by atoms with E-state index in [9.17, 15) is 0 Å². The van der Waals surface area contributed by atoms with Crippen LogP contribution in [0.2, 0.25) is 0 Å². The van der Waals surface area contributed by atoms with E-state index >= 15 is 0 Å². The Morgan fingerprint density at radius 3 is 2.13 bits per heavy atom. The van der Waals surface area contributed by atoms with Crippen LogP contribution in [-0.4, -0.2) is 0 Å². The van der Waals surface area contributed by atoms with Crippen molar-refractivity contribution < 1.29 is 0 Å². The van der Waals surface area contributed by atoms with Crippen LogP contribution < -0.4 is 5.73 Å². The van der Waals surface area contributed by atoms with Crippen LogP contribution in [0, 0.1) is 16.7 Å². The second kappa shape index (κ2) is 7.90. The largest absolute Gasteiger partial charge is 0.402 e. The van der Waals surface area contributed by atoms with Gasteiger partial charge in [-0.25, -0.2) is 0 Å². The van der Waals surface area contributed by atoms with Crippen LogP contribution in [0.3, 0.4) is 0 Å². The monoisotopic (exact) mass is 317 g/mol. The first-order chi connectivity index (χ1) is 10.9. The van der Waals surface area contributed by atoms with Crippen LogP contribution in [0.1, 0.15) is 98.3 Å². The van der Waals surface area contributed by atoms with Crippen LogP contribution in [0.15, 0.2) is 23.4 Å². The van der Waals surface area contributed by atoms with Gasteiger partial charge in [-0.1, -0.05) is 71.1 Å². The molecule has 0 spiro atoms. The fraction of sp³-hybridized carbons (Fsp3) is 0.818. The zero-order valence-electron chi connectivity index (χ0n) is 16.1. The third-order valence-corrected chi connectivity index (χ3v) is 6.59. The molecular weight excluding hydrogens is 278 g/mol. The molecule has 0 amide bonds. The molecule has 2 N–H and O–H groups in total. The molecule has 2 rings (SSSR count). The molecule has 1 unspecified atom stereocenters. The first-order valence-corrected chi connectivity index (χ1v) is 10.1. The molecule has 1 heteroatoms. The zero-order valence-corrected chi connectivity index (χ0v) is 16.1. The average Bonchev–Trinajstić information content (AvgIpc) is 2.56. The molecule has 0 aromatic heterocycles. The lowest BCUT2D eigenvalue weighted by Gasteiger charge is -2.39. The molecule has 0 heterocycles. The van der Waals surface area contributed by atoms with E-state index in [1.165, 1.54) is 70.6 Å². The van der Waals surface area contributed by atoms with Crippen LogP contribution >= 0.6 is 0 Å². The summed E-state index contributed by atoms with van der Waals surface area (Å²) < 4.78 is 0. The minimum atomic E-state index is -0.00221. The molecule has 2 aliphatic rings. The zero-order chi connectivity index (χ0) is 16.9. The number of hydrogen-bond acceptors (Lipinski definition) is 1. The van der Waals surface area contributed by atoms with Crippen LogP contribution in [0.4, 0.5) is 0 Å². The molecule has 2 saturated carbocycles. The smallest absolute Gasteiger partial charge is 0.0221 e. The van der Waals surface area contributed by atoms with Crippen molar-refractivity contribution in [1.82, 2.24) is 0 Å². The highest BCUT2D eigenvalue weighted by molar-refractivity contribution is 5.23. The summed E-state index contributed by atoms with van der Waals surface area (Å²) in [6.45, 7) is 9.39. The maximum Gasteiger partial charge on any atom is 0.0221 e. The summed E-state index contributed by atoms with van der Waals surface area (Å²) in [5.74, 6) is 0.818. The van der Waals surface area contributed by atoms with E-state index in [0.717, 1.165) is 11.6 Å². The Balaban J connectivity index is 2.16. The lowest BCUT2D eigenvalue weighted by atomic mass is 9.67. The summed E-state index contributed by atoms with van der Waals surface area (Å²) in [6, 6.07) is 0. The first kappa shape index (κ1) is 18.6. The average molecular weight is 318 g/mol. The number of hydrogen-bond donors (Lipinski definition) is 1. The van der Waals surface area contributed by atoms with Gasteiger partial charge in [0, 0.05) is 11.1 Å². The van der Waals surface area contributed by atoms with Crippen molar-refractivity contribution in [1.29, 1.82) is 0 Å². The predicted octanol–water partition coefficient (Wildman–Crippen LogP) is 6.74. The van der Waals surface area contributed by atoms with Crippen molar-refractivity contribution in [3.63, 3.8) is 0 Å². The van der Waals surface area contributed by atoms with Crippen LogP contribution in [-0.2, 0) is 0 Å². The van der Waals surface area contributed by atoms with Crippen molar-refractivity contribution in [2.24, 2.45) is 22.5 Å². The van der Waals surface area contributed by atoms with Gasteiger partial charge in [0.05, 0.1) is 0 Å². The molecule has 1 nitrogen and oxygen atoms in total. The van der Waals surface area contributed by atoms with Gasteiger partial charge in [-0.15, -0.1) is 0 Å². The topological polar surface area (TPSA) is 26.0 Å². The molecule has 2 fully saturated rings. The standard InChI is InChI=1S/C22H39N/c1-5-22(4,19-14-10-7-11-15-19)17-20(23)21(2,3)16-18-12-8-6-9-13-18/h16-17,19H,5-15,23H2,1-4H3/b20-17-. The Kier molecular flexibility index (Phi) is 6.40. The summed E-state index contributed by atoms with van der Waals surface area (Å²) in [4.78, 5) is 0. The van der Waals surface area contributed by atoms with Crippen molar-refractivity contribution in [3.05, 3.63) is 23.4 Å². The fourth-order valence-corrected chi connectivity index (χ4v) is 4.56. The predicted molar refractivity (Wildman–Crippen MR) is 102 cm³/mol. The Morgan fingerprint density at radius 1 is 1.00 bits per heavy atom. The molecule has 2 aliphatic carbocycles. The minimum Gasteiger partial charge on any atom is -0.402 e. The normalized spacial score (nSPS) is 24.3. The van der Waals surface area contributed by atoms with Gasteiger partial charge in [-0.3, -0.25) is 0 Å². The van der Waals surface area contributed by atoms with E-state index in [-0.39, 0.29) is 10.8 Å². The SMILES string of the molecule is CCC(C)(/C=C(\N)C(C)(C)C=C1CCCCC1)C1CCCCC1. The third kappa shape index (κ3) is 4.88. The lowest BCUT2D eigenvalue weighted by Crippen LogP contribution is -2.30. The van der Waals surface area contributed by atoms with E-state index in [2.05, 4.69) is 39.8 Å². The third-order valence-electron chi connectivity index (χ3n) is 6.59. The Hall–Kier alpha value is -0.720. The Bertz CT molecular complexity index is 429. The summed E-state index contributed by atoms with van der Waals surface area (Å²) in [6.07, 6.45) is 19.8. The second-order valence-electron chi connectivity index (χ2n) is 8.88. The van der Waals surface area contributed by atoms with Crippen molar-refractivity contribution in [3.8, 4) is 0 Å². The molecule has 0 aromatic carbocycles. The van der Waals surface area contributed by atoms with Gasteiger partial charge in [0.15, 0.2) is 0 Å². The fourth-order valence-electron chi connectivity index (χ4n) is 4.56. The highest BCUT2D eigenvalue weighted by atomic mass is 14.6. The lowest BCUT2D eigenvalue weighted by molar-refractivity contribution is 0.181. The number of nitrogens with two attached hydrogens (primary N) is 1. The Labute approximate surface area is 144 Å². The quantitative estimate of drug-likeness (QED) is 0.558. The Morgan fingerprint density at radius 2 is 1.57 bits per heavy atom. The molecular formula is C22H39N. The second-order valence-corrected chi connectivity index (χ2v) is 8.88. The van der Waals surface area contributed by atoms with Gasteiger partial charge in [0.2, 0.25) is 0 Å². The van der Waals surface area contributed by atoms with Gasteiger partial charge in [0.25, 0.3) is 0 Å². The summed E-state index contributed by atoms with van der Waals surface area (Å²) in [7, 11) is 0. The maximum absolute atomic E-state index is 6.65. The van der Waals surface area contributed by atoms with E-state index in [1.54, 1.807) is 5.57 Å². The first-order valence-electron chi connectivity index (χ1n) is 10.1. The van der Waals surface area contributed by atoms with E-state index < -0.39 is 0 Å². The maximum atomic E-state index is 6.65. The molecule has 0 aromatic rings. The minimum absolute atomic E-state index is 0.00221. The van der Waals surface area contributed by atoms with Gasteiger partial charge in [-0.2, -0.15) is 0 Å². The van der Waals surface area contributed by atoms with Crippen molar-refractivity contribution in [2.45, 2.75) is 98.3 Å². The summed E-state index contributed by atoms with van der Waals surface area (Å²) in [5.41, 5.74) is 9.64. The van der Waals surface area contributed by atoms with Crippen molar-refractivity contribution >= 4 is 0 Å². The molecule has 0 aliphatic heterocycles. The van der Waals surface area contributed by atoms with Crippen LogP contribution in [0.5, 0.6) is 0 Å². The molecule has 0 bridgehead atoms.